The van der Waals surface area contributed by atoms with E-state index < -0.39 is 0 Å². The highest BCUT2D eigenvalue weighted by Crippen LogP contribution is 2.31. The van der Waals surface area contributed by atoms with Crippen LogP contribution < -0.4 is 14.8 Å². The number of carbonyl (C=O) groups excluding carboxylic acids is 1. The van der Waals surface area contributed by atoms with Gasteiger partial charge in [0, 0.05) is 17.2 Å². The van der Waals surface area contributed by atoms with Crippen molar-refractivity contribution in [3.05, 3.63) is 53.4 Å². The number of nitrogens with one attached hydrogen (secondary N) is 1. The summed E-state index contributed by atoms with van der Waals surface area (Å²) < 4.78 is 16.1. The molecule has 8 heteroatoms. The van der Waals surface area contributed by atoms with Crippen LogP contribution in [0.3, 0.4) is 0 Å². The Kier molecular flexibility index (Phi) is 6.93. The van der Waals surface area contributed by atoms with Crippen molar-refractivity contribution < 1.29 is 18.8 Å². The Bertz CT molecular complexity index is 1100. The molecule has 1 aliphatic rings. The van der Waals surface area contributed by atoms with E-state index in [-0.39, 0.29) is 11.8 Å². The standard InChI is InChI=1S/C25H30N4O4/c1-16-6-5-7-17(2)23(16)27-25(30)18-10-12-29(13-11-18)15-22-26-24(28-33-22)19-8-9-20(31-3)21(14-19)32-4/h5-9,14,18H,10-13,15H2,1-4H3,(H,27,30). The van der Waals surface area contributed by atoms with Crippen molar-refractivity contribution in [3.8, 4) is 22.9 Å². The third kappa shape index (κ3) is 5.17. The van der Waals surface area contributed by atoms with Gasteiger partial charge in [-0.2, -0.15) is 4.98 Å². The highest BCUT2D eigenvalue weighted by molar-refractivity contribution is 5.94. The number of rotatable bonds is 7. The molecule has 0 saturated carbocycles. The average Bonchev–Trinajstić information content (AvgIpc) is 3.30. The van der Waals surface area contributed by atoms with Gasteiger partial charge >= 0.3 is 0 Å². The second kappa shape index (κ2) is 10.0. The van der Waals surface area contributed by atoms with Gasteiger partial charge in [-0.15, -0.1) is 0 Å². The van der Waals surface area contributed by atoms with Gasteiger partial charge in [-0.05, 0) is 69.1 Å². The molecule has 0 aliphatic carbocycles. The zero-order chi connectivity index (χ0) is 23.4. The summed E-state index contributed by atoms with van der Waals surface area (Å²) in [6.45, 7) is 6.21. The van der Waals surface area contributed by atoms with Crippen molar-refractivity contribution >= 4 is 11.6 Å². The van der Waals surface area contributed by atoms with Gasteiger partial charge in [0.25, 0.3) is 0 Å². The number of likely N-dealkylation sites (tertiary alicyclic amines) is 1. The Hall–Kier alpha value is -3.39. The van der Waals surface area contributed by atoms with Gasteiger partial charge in [-0.1, -0.05) is 23.4 Å². The van der Waals surface area contributed by atoms with Crippen LogP contribution in [0.4, 0.5) is 5.69 Å². The number of aryl methyl sites for hydroxylation is 2. The number of hydrogen-bond acceptors (Lipinski definition) is 7. The lowest BCUT2D eigenvalue weighted by Gasteiger charge is -2.30. The molecule has 1 amide bonds. The average molecular weight is 451 g/mol. The molecule has 33 heavy (non-hydrogen) atoms. The second-order valence-corrected chi connectivity index (χ2v) is 8.39. The lowest BCUT2D eigenvalue weighted by Crippen LogP contribution is -2.38. The molecule has 1 fully saturated rings. The molecule has 174 valence electrons. The van der Waals surface area contributed by atoms with Crippen molar-refractivity contribution in [2.24, 2.45) is 5.92 Å². The van der Waals surface area contributed by atoms with Gasteiger partial charge in [-0.25, -0.2) is 0 Å². The quantitative estimate of drug-likeness (QED) is 0.576. The lowest BCUT2D eigenvalue weighted by molar-refractivity contribution is -0.121. The maximum absolute atomic E-state index is 12.8. The van der Waals surface area contributed by atoms with Gasteiger partial charge in [0.05, 0.1) is 20.8 Å². The Labute approximate surface area is 193 Å². The van der Waals surface area contributed by atoms with Crippen LogP contribution in [0, 0.1) is 19.8 Å². The molecule has 0 unspecified atom stereocenters. The largest absolute Gasteiger partial charge is 0.493 e. The van der Waals surface area contributed by atoms with E-state index in [1.807, 2.05) is 50.2 Å². The van der Waals surface area contributed by atoms with Crippen LogP contribution in [-0.4, -0.2) is 48.3 Å². The first-order valence-electron chi connectivity index (χ1n) is 11.1. The molecule has 4 rings (SSSR count). The van der Waals surface area contributed by atoms with E-state index in [0.29, 0.717) is 29.8 Å². The zero-order valence-corrected chi connectivity index (χ0v) is 19.6. The van der Waals surface area contributed by atoms with E-state index in [9.17, 15) is 4.79 Å². The number of carbonyl (C=O) groups is 1. The van der Waals surface area contributed by atoms with Crippen molar-refractivity contribution in [1.29, 1.82) is 0 Å². The molecule has 1 aliphatic heterocycles. The fraction of sp³-hybridized carbons (Fsp3) is 0.400. The summed E-state index contributed by atoms with van der Waals surface area (Å²) >= 11 is 0. The number of anilines is 1. The van der Waals surface area contributed by atoms with Gasteiger partial charge < -0.3 is 19.3 Å². The minimum atomic E-state index is 0.00488. The molecule has 1 aromatic heterocycles. The maximum atomic E-state index is 12.8. The summed E-state index contributed by atoms with van der Waals surface area (Å²) in [6.07, 6.45) is 1.60. The number of para-hydroxylation sites is 1. The van der Waals surface area contributed by atoms with E-state index in [1.54, 1.807) is 14.2 Å². The first-order valence-corrected chi connectivity index (χ1v) is 11.1. The Morgan fingerprint density at radius 3 is 2.45 bits per heavy atom. The molecule has 1 saturated heterocycles. The fourth-order valence-corrected chi connectivity index (χ4v) is 4.19. The fourth-order valence-electron chi connectivity index (χ4n) is 4.19. The lowest BCUT2D eigenvalue weighted by atomic mass is 9.95. The Morgan fingerprint density at radius 2 is 1.79 bits per heavy atom. The molecule has 0 atom stereocenters. The van der Waals surface area contributed by atoms with Gasteiger partial charge in [0.15, 0.2) is 11.5 Å². The van der Waals surface area contributed by atoms with E-state index in [0.717, 1.165) is 48.3 Å². The predicted molar refractivity (Wildman–Crippen MR) is 125 cm³/mol. The van der Waals surface area contributed by atoms with Crippen molar-refractivity contribution in [3.63, 3.8) is 0 Å². The van der Waals surface area contributed by atoms with Gasteiger partial charge in [0.2, 0.25) is 17.6 Å². The Balaban J connectivity index is 1.33. The molecule has 0 radical (unpaired) electrons. The van der Waals surface area contributed by atoms with Crippen LogP contribution >= 0.6 is 0 Å². The van der Waals surface area contributed by atoms with Crippen LogP contribution in [0.25, 0.3) is 11.4 Å². The highest BCUT2D eigenvalue weighted by atomic mass is 16.5. The van der Waals surface area contributed by atoms with Crippen molar-refractivity contribution in [2.75, 3.05) is 32.6 Å². The van der Waals surface area contributed by atoms with Gasteiger partial charge in [-0.3, -0.25) is 9.69 Å². The van der Waals surface area contributed by atoms with Crippen molar-refractivity contribution in [2.45, 2.75) is 33.2 Å². The molecule has 1 N–H and O–H groups in total. The number of methoxy groups -OCH3 is 2. The molecule has 2 aromatic carbocycles. The topological polar surface area (TPSA) is 89.7 Å². The third-order valence-corrected chi connectivity index (χ3v) is 6.16. The molecule has 0 spiro atoms. The van der Waals surface area contributed by atoms with E-state index in [1.165, 1.54) is 0 Å². The first kappa shape index (κ1) is 22.8. The molecule has 3 aromatic rings. The number of ether oxygens (including phenoxy) is 2. The number of nitrogens with zero attached hydrogens (tertiary/aromatic N) is 3. The first-order chi connectivity index (χ1) is 16.0. The summed E-state index contributed by atoms with van der Waals surface area (Å²) in [4.78, 5) is 19.6. The van der Waals surface area contributed by atoms with E-state index >= 15 is 0 Å². The SMILES string of the molecule is COc1ccc(-c2noc(CN3CCC(C(=O)Nc4c(C)cccc4C)CC3)n2)cc1OC. The molecular weight excluding hydrogens is 420 g/mol. The molecular formula is C25H30N4O4. The maximum Gasteiger partial charge on any atom is 0.241 e. The van der Waals surface area contributed by atoms with Crippen molar-refractivity contribution in [1.82, 2.24) is 15.0 Å². The molecule has 2 heterocycles. The number of benzene rings is 2. The van der Waals surface area contributed by atoms with Crippen LogP contribution in [-0.2, 0) is 11.3 Å². The van der Waals surface area contributed by atoms with Crippen LogP contribution in [0.2, 0.25) is 0 Å². The van der Waals surface area contributed by atoms with E-state index in [4.69, 9.17) is 14.0 Å². The molecule has 0 bridgehead atoms. The van der Waals surface area contributed by atoms with Crippen LogP contribution in [0.1, 0.15) is 29.9 Å². The smallest absolute Gasteiger partial charge is 0.241 e. The monoisotopic (exact) mass is 450 g/mol. The summed E-state index contributed by atoms with van der Waals surface area (Å²) in [7, 11) is 3.19. The normalized spacial score (nSPS) is 14.8. The minimum absolute atomic E-state index is 0.00488. The minimum Gasteiger partial charge on any atom is -0.493 e. The van der Waals surface area contributed by atoms with E-state index in [2.05, 4.69) is 20.4 Å². The highest BCUT2D eigenvalue weighted by Gasteiger charge is 2.26. The Morgan fingerprint density at radius 1 is 1.09 bits per heavy atom. The summed E-state index contributed by atoms with van der Waals surface area (Å²) in [6, 6.07) is 11.6. The molecule has 8 nitrogen and oxygen atoms in total. The predicted octanol–water partition coefficient (Wildman–Crippen LogP) is 4.22. The summed E-state index contributed by atoms with van der Waals surface area (Å²) in [5, 5.41) is 7.25. The van der Waals surface area contributed by atoms with Crippen LogP contribution in [0.15, 0.2) is 40.9 Å². The number of aromatic nitrogens is 2. The van der Waals surface area contributed by atoms with Crippen LogP contribution in [0.5, 0.6) is 11.5 Å². The second-order valence-electron chi connectivity index (χ2n) is 8.39. The number of hydrogen-bond donors (Lipinski definition) is 1. The summed E-state index contributed by atoms with van der Waals surface area (Å²) in [5.41, 5.74) is 3.90. The number of amides is 1. The zero-order valence-electron chi connectivity index (χ0n) is 19.6. The number of piperidine rings is 1. The third-order valence-electron chi connectivity index (χ3n) is 6.16. The van der Waals surface area contributed by atoms with Gasteiger partial charge in [0.1, 0.15) is 0 Å². The summed E-state index contributed by atoms with van der Waals surface area (Å²) in [5.74, 6) is 2.43.